The van der Waals surface area contributed by atoms with Crippen molar-refractivity contribution in [2.75, 3.05) is 13.6 Å². The molecule has 1 fully saturated rings. The highest BCUT2D eigenvalue weighted by Gasteiger charge is 2.32. The molecule has 1 aliphatic rings. The molecular formula is C17H26N2O3S. The van der Waals surface area contributed by atoms with Crippen molar-refractivity contribution in [2.45, 2.75) is 51.0 Å². The first-order chi connectivity index (χ1) is 10.7. The van der Waals surface area contributed by atoms with Crippen LogP contribution >= 0.6 is 0 Å². The molecule has 1 unspecified atom stereocenters. The minimum Gasteiger partial charge on any atom is -0.343 e. The Morgan fingerprint density at radius 3 is 2.61 bits per heavy atom. The molecule has 2 rings (SSSR count). The summed E-state index contributed by atoms with van der Waals surface area (Å²) in [4.78, 5) is 14.2. The van der Waals surface area contributed by atoms with E-state index in [0.29, 0.717) is 11.5 Å². The molecular weight excluding hydrogens is 312 g/mol. The molecule has 1 aliphatic carbocycles. The monoisotopic (exact) mass is 338 g/mol. The summed E-state index contributed by atoms with van der Waals surface area (Å²) in [6.45, 7) is 5.80. The lowest BCUT2D eigenvalue weighted by molar-refractivity contribution is -0.131. The SMILES string of the molecule is Cc1ccc(C)c(S(=O)(=O)NCCC(=O)N(C)C(C)C2CC2)c1. The van der Waals surface area contributed by atoms with Gasteiger partial charge in [0.2, 0.25) is 15.9 Å². The lowest BCUT2D eigenvalue weighted by Crippen LogP contribution is -2.38. The predicted molar refractivity (Wildman–Crippen MR) is 90.7 cm³/mol. The van der Waals surface area contributed by atoms with E-state index < -0.39 is 10.0 Å². The van der Waals surface area contributed by atoms with Gasteiger partial charge in [0.1, 0.15) is 0 Å². The average molecular weight is 338 g/mol. The molecule has 1 saturated carbocycles. The van der Waals surface area contributed by atoms with Crippen molar-refractivity contribution in [3.8, 4) is 0 Å². The summed E-state index contributed by atoms with van der Waals surface area (Å²) in [5.74, 6) is 0.587. The molecule has 0 radical (unpaired) electrons. The molecule has 5 nitrogen and oxygen atoms in total. The zero-order valence-electron chi connectivity index (χ0n) is 14.3. The summed E-state index contributed by atoms with van der Waals surface area (Å²) in [5.41, 5.74) is 1.60. The number of nitrogens with zero attached hydrogens (tertiary/aromatic N) is 1. The van der Waals surface area contributed by atoms with Gasteiger partial charge >= 0.3 is 0 Å². The second-order valence-corrected chi connectivity index (χ2v) is 8.23. The molecule has 1 atom stereocenters. The van der Waals surface area contributed by atoms with Crippen LogP contribution in [-0.2, 0) is 14.8 Å². The Hall–Kier alpha value is -1.40. The third kappa shape index (κ3) is 4.54. The second kappa shape index (κ2) is 7.01. The summed E-state index contributed by atoms with van der Waals surface area (Å²) in [6, 6.07) is 5.56. The molecule has 23 heavy (non-hydrogen) atoms. The van der Waals surface area contributed by atoms with Gasteiger partial charge in [-0.3, -0.25) is 4.79 Å². The van der Waals surface area contributed by atoms with E-state index in [1.807, 2.05) is 13.0 Å². The number of carbonyl (C=O) groups excluding carboxylic acids is 1. The van der Waals surface area contributed by atoms with Gasteiger partial charge in [-0.2, -0.15) is 0 Å². The van der Waals surface area contributed by atoms with E-state index >= 15 is 0 Å². The highest BCUT2D eigenvalue weighted by molar-refractivity contribution is 7.89. The number of sulfonamides is 1. The van der Waals surface area contributed by atoms with E-state index in [2.05, 4.69) is 11.6 Å². The zero-order chi connectivity index (χ0) is 17.2. The number of hydrogen-bond donors (Lipinski definition) is 1. The minimum atomic E-state index is -3.58. The Balaban J connectivity index is 1.92. The van der Waals surface area contributed by atoms with E-state index in [1.165, 1.54) is 12.8 Å². The molecule has 1 aromatic rings. The van der Waals surface area contributed by atoms with Gasteiger partial charge in [-0.15, -0.1) is 0 Å². The number of amides is 1. The highest BCUT2D eigenvalue weighted by atomic mass is 32.2. The quantitative estimate of drug-likeness (QED) is 0.829. The van der Waals surface area contributed by atoms with Gasteiger partial charge in [0.05, 0.1) is 4.90 Å². The van der Waals surface area contributed by atoms with Crippen molar-refractivity contribution in [1.29, 1.82) is 0 Å². The molecule has 0 aliphatic heterocycles. The van der Waals surface area contributed by atoms with Gasteiger partial charge in [0.15, 0.2) is 0 Å². The first kappa shape index (κ1) is 17.9. The maximum absolute atomic E-state index is 12.4. The molecule has 0 bridgehead atoms. The number of nitrogens with one attached hydrogen (secondary N) is 1. The minimum absolute atomic E-state index is 0.0203. The number of hydrogen-bond acceptors (Lipinski definition) is 3. The van der Waals surface area contributed by atoms with E-state index in [0.717, 1.165) is 5.56 Å². The normalized spacial score (nSPS) is 16.2. The van der Waals surface area contributed by atoms with Crippen molar-refractivity contribution in [3.63, 3.8) is 0 Å². The number of aryl methyl sites for hydroxylation is 2. The maximum Gasteiger partial charge on any atom is 0.240 e. The number of benzene rings is 1. The third-order valence-electron chi connectivity index (χ3n) is 4.57. The number of rotatable bonds is 7. The van der Waals surface area contributed by atoms with Gasteiger partial charge in [-0.25, -0.2) is 13.1 Å². The van der Waals surface area contributed by atoms with Crippen molar-refractivity contribution in [3.05, 3.63) is 29.3 Å². The van der Waals surface area contributed by atoms with Crippen molar-refractivity contribution < 1.29 is 13.2 Å². The summed E-state index contributed by atoms with van der Waals surface area (Å²) >= 11 is 0. The zero-order valence-corrected chi connectivity index (χ0v) is 15.1. The standard InChI is InChI=1S/C17H26N2O3S/c1-12-5-6-13(2)16(11-12)23(21,22)18-10-9-17(20)19(4)14(3)15-7-8-15/h5-6,11,14-15,18H,7-10H2,1-4H3. The summed E-state index contributed by atoms with van der Waals surface area (Å²) in [7, 11) is -1.78. The molecule has 0 saturated heterocycles. The molecule has 0 spiro atoms. The summed E-state index contributed by atoms with van der Waals surface area (Å²) in [6.07, 6.45) is 2.54. The van der Waals surface area contributed by atoms with E-state index in [4.69, 9.17) is 0 Å². The van der Waals surface area contributed by atoms with Crippen LogP contribution in [0.15, 0.2) is 23.1 Å². The van der Waals surface area contributed by atoms with Crippen LogP contribution < -0.4 is 4.72 Å². The molecule has 6 heteroatoms. The second-order valence-electron chi connectivity index (χ2n) is 6.50. The third-order valence-corrected chi connectivity index (χ3v) is 6.18. The lowest BCUT2D eigenvalue weighted by Gasteiger charge is -2.25. The van der Waals surface area contributed by atoms with Crippen LogP contribution in [0.1, 0.15) is 37.3 Å². The number of carbonyl (C=O) groups is 1. The van der Waals surface area contributed by atoms with Gasteiger partial charge in [-0.05, 0) is 56.7 Å². The fourth-order valence-electron chi connectivity index (χ4n) is 2.67. The Morgan fingerprint density at radius 2 is 2.00 bits per heavy atom. The summed E-state index contributed by atoms with van der Waals surface area (Å²) in [5, 5.41) is 0. The molecule has 0 aromatic heterocycles. The Bertz CT molecular complexity index is 681. The molecule has 0 heterocycles. The fourth-order valence-corrected chi connectivity index (χ4v) is 4.02. The van der Waals surface area contributed by atoms with E-state index in [9.17, 15) is 13.2 Å². The van der Waals surface area contributed by atoms with Crippen molar-refractivity contribution >= 4 is 15.9 Å². The largest absolute Gasteiger partial charge is 0.343 e. The van der Waals surface area contributed by atoms with Crippen LogP contribution in [0.25, 0.3) is 0 Å². The summed E-state index contributed by atoms with van der Waals surface area (Å²) < 4.78 is 27.3. The molecule has 1 N–H and O–H groups in total. The first-order valence-corrected chi connectivity index (χ1v) is 9.53. The van der Waals surface area contributed by atoms with E-state index in [1.54, 1.807) is 31.0 Å². The van der Waals surface area contributed by atoms with Crippen LogP contribution in [-0.4, -0.2) is 38.9 Å². The Morgan fingerprint density at radius 1 is 1.35 bits per heavy atom. The van der Waals surface area contributed by atoms with Gasteiger partial charge in [0, 0.05) is 26.1 Å². The van der Waals surface area contributed by atoms with Crippen LogP contribution in [0, 0.1) is 19.8 Å². The van der Waals surface area contributed by atoms with Crippen LogP contribution in [0.5, 0.6) is 0 Å². The Kier molecular flexibility index (Phi) is 5.47. The maximum atomic E-state index is 12.4. The van der Waals surface area contributed by atoms with Gasteiger partial charge in [0.25, 0.3) is 0 Å². The highest BCUT2D eigenvalue weighted by Crippen LogP contribution is 2.34. The molecule has 1 amide bonds. The smallest absolute Gasteiger partial charge is 0.240 e. The Labute approximate surface area is 139 Å². The van der Waals surface area contributed by atoms with Gasteiger partial charge in [-0.1, -0.05) is 12.1 Å². The van der Waals surface area contributed by atoms with Crippen LogP contribution in [0.3, 0.4) is 0 Å². The van der Waals surface area contributed by atoms with Crippen molar-refractivity contribution in [1.82, 2.24) is 9.62 Å². The van der Waals surface area contributed by atoms with Crippen molar-refractivity contribution in [2.24, 2.45) is 5.92 Å². The molecule has 128 valence electrons. The predicted octanol–water partition coefficient (Wildman–Crippen LogP) is 2.23. The average Bonchev–Trinajstić information content (AvgIpc) is 3.32. The van der Waals surface area contributed by atoms with Gasteiger partial charge < -0.3 is 4.90 Å². The molecule has 1 aromatic carbocycles. The fraction of sp³-hybridized carbons (Fsp3) is 0.588. The van der Waals surface area contributed by atoms with Crippen LogP contribution in [0.4, 0.5) is 0 Å². The van der Waals surface area contributed by atoms with Crippen LogP contribution in [0.2, 0.25) is 0 Å². The van der Waals surface area contributed by atoms with E-state index in [-0.39, 0.29) is 29.8 Å². The first-order valence-electron chi connectivity index (χ1n) is 8.05. The lowest BCUT2D eigenvalue weighted by atomic mass is 10.2. The topological polar surface area (TPSA) is 66.5 Å².